The highest BCUT2D eigenvalue weighted by atomic mass is 16.7. The molecule has 1 saturated heterocycles. The quantitative estimate of drug-likeness (QED) is 0.705. The average Bonchev–Trinajstić information content (AvgIpc) is 3.26. The third-order valence-electron chi connectivity index (χ3n) is 5.93. The minimum Gasteiger partial charge on any atom is -0.454 e. The number of carbonyl (C=O) groups excluding carboxylic acids is 2. The van der Waals surface area contributed by atoms with Crippen LogP contribution in [0.1, 0.15) is 54.3 Å². The Morgan fingerprint density at radius 1 is 1.03 bits per heavy atom. The van der Waals surface area contributed by atoms with Crippen molar-refractivity contribution in [3.63, 3.8) is 0 Å². The van der Waals surface area contributed by atoms with E-state index in [0.717, 1.165) is 31.6 Å². The number of ether oxygens (including phenoxy) is 2. The lowest BCUT2D eigenvalue weighted by Gasteiger charge is -2.33. The summed E-state index contributed by atoms with van der Waals surface area (Å²) < 4.78 is 10.7. The van der Waals surface area contributed by atoms with Crippen LogP contribution in [0.4, 0.5) is 11.4 Å². The number of hydrogen-bond donors (Lipinski definition) is 2. The van der Waals surface area contributed by atoms with Crippen LogP contribution in [0.2, 0.25) is 0 Å². The highest BCUT2D eigenvalue weighted by Crippen LogP contribution is 2.33. The molecule has 0 aliphatic carbocycles. The van der Waals surface area contributed by atoms with Crippen molar-refractivity contribution in [3.05, 3.63) is 47.5 Å². The molecule has 7 heteroatoms. The molecule has 0 atom stereocenters. The van der Waals surface area contributed by atoms with Gasteiger partial charge in [-0.2, -0.15) is 0 Å². The van der Waals surface area contributed by atoms with Crippen LogP contribution < -0.4 is 25.0 Å². The highest BCUT2D eigenvalue weighted by molar-refractivity contribution is 6.06. The molecular weight excluding hydrogens is 406 g/mol. The predicted molar refractivity (Wildman–Crippen MR) is 125 cm³/mol. The second kappa shape index (κ2) is 9.51. The Kier molecular flexibility index (Phi) is 6.53. The van der Waals surface area contributed by atoms with Crippen LogP contribution in [0.5, 0.6) is 11.5 Å². The van der Waals surface area contributed by atoms with Gasteiger partial charge in [0.25, 0.3) is 11.8 Å². The molecule has 0 spiro atoms. The molecule has 0 aromatic heterocycles. The average molecular weight is 438 g/mol. The van der Waals surface area contributed by atoms with Crippen molar-refractivity contribution < 1.29 is 19.1 Å². The highest BCUT2D eigenvalue weighted by Gasteiger charge is 2.22. The SMILES string of the molecule is CC(C)CNC(=O)c1cc(NC(=O)c2ccc3c(c2)OCO3)ccc1N1CCC(C)CC1. The lowest BCUT2D eigenvalue weighted by molar-refractivity contribution is 0.0948. The normalized spacial score (nSPS) is 15.7. The van der Waals surface area contributed by atoms with Gasteiger partial charge in [0, 0.05) is 36.6 Å². The standard InChI is InChI=1S/C25H31N3O4/c1-16(2)14-26-25(30)20-13-19(5-6-21(20)28-10-8-17(3)9-11-28)27-24(29)18-4-7-22-23(12-18)32-15-31-22/h4-7,12-13,16-17H,8-11,14-15H2,1-3H3,(H,26,30)(H,27,29). The summed E-state index contributed by atoms with van der Waals surface area (Å²) in [7, 11) is 0. The minimum absolute atomic E-state index is 0.119. The Morgan fingerprint density at radius 2 is 1.78 bits per heavy atom. The first-order valence-electron chi connectivity index (χ1n) is 11.3. The van der Waals surface area contributed by atoms with E-state index in [1.54, 1.807) is 24.3 Å². The molecule has 2 aromatic carbocycles. The molecular formula is C25H31N3O4. The van der Waals surface area contributed by atoms with Gasteiger partial charge >= 0.3 is 0 Å². The summed E-state index contributed by atoms with van der Waals surface area (Å²) >= 11 is 0. The van der Waals surface area contributed by atoms with Gasteiger partial charge in [-0.3, -0.25) is 9.59 Å². The summed E-state index contributed by atoms with van der Waals surface area (Å²) in [4.78, 5) is 28.1. The van der Waals surface area contributed by atoms with Crippen LogP contribution in [0.3, 0.4) is 0 Å². The third-order valence-corrected chi connectivity index (χ3v) is 5.93. The number of piperidine rings is 1. The molecule has 2 aliphatic rings. The van der Waals surface area contributed by atoms with E-state index in [9.17, 15) is 9.59 Å². The molecule has 0 radical (unpaired) electrons. The molecule has 4 rings (SSSR count). The Balaban J connectivity index is 1.56. The van der Waals surface area contributed by atoms with E-state index in [2.05, 4.69) is 36.3 Å². The van der Waals surface area contributed by atoms with Gasteiger partial charge in [0.05, 0.1) is 5.56 Å². The fraction of sp³-hybridized carbons (Fsp3) is 0.440. The zero-order valence-electron chi connectivity index (χ0n) is 18.9. The second-order valence-electron chi connectivity index (χ2n) is 9.03. The molecule has 2 heterocycles. The van der Waals surface area contributed by atoms with Crippen molar-refractivity contribution in [2.75, 3.05) is 36.6 Å². The number of carbonyl (C=O) groups is 2. The zero-order chi connectivity index (χ0) is 22.7. The molecule has 0 unspecified atom stereocenters. The maximum atomic E-state index is 13.0. The zero-order valence-corrected chi connectivity index (χ0v) is 18.9. The van der Waals surface area contributed by atoms with Gasteiger partial charge in [0.2, 0.25) is 6.79 Å². The van der Waals surface area contributed by atoms with Gasteiger partial charge in [-0.15, -0.1) is 0 Å². The summed E-state index contributed by atoms with van der Waals surface area (Å²) in [6.07, 6.45) is 2.21. The maximum Gasteiger partial charge on any atom is 0.255 e. The summed E-state index contributed by atoms with van der Waals surface area (Å²) in [5, 5.41) is 5.93. The number of rotatable bonds is 6. The molecule has 7 nitrogen and oxygen atoms in total. The first-order valence-corrected chi connectivity index (χ1v) is 11.3. The van der Waals surface area contributed by atoms with Crippen LogP contribution in [0.15, 0.2) is 36.4 Å². The van der Waals surface area contributed by atoms with Gasteiger partial charge in [-0.25, -0.2) is 0 Å². The number of benzene rings is 2. The van der Waals surface area contributed by atoms with Crippen molar-refractivity contribution in [3.8, 4) is 11.5 Å². The first-order chi connectivity index (χ1) is 15.4. The van der Waals surface area contributed by atoms with E-state index in [4.69, 9.17) is 9.47 Å². The van der Waals surface area contributed by atoms with Crippen molar-refractivity contribution >= 4 is 23.2 Å². The molecule has 170 valence electrons. The summed E-state index contributed by atoms with van der Waals surface area (Å²) in [6.45, 7) is 9.00. The molecule has 32 heavy (non-hydrogen) atoms. The van der Waals surface area contributed by atoms with Crippen LogP contribution in [0.25, 0.3) is 0 Å². The first kappa shape index (κ1) is 22.0. The summed E-state index contributed by atoms with van der Waals surface area (Å²) in [5.41, 5.74) is 2.55. The summed E-state index contributed by atoms with van der Waals surface area (Å²) in [6, 6.07) is 10.7. The van der Waals surface area contributed by atoms with E-state index >= 15 is 0 Å². The fourth-order valence-corrected chi connectivity index (χ4v) is 3.95. The lowest BCUT2D eigenvalue weighted by Crippen LogP contribution is -2.35. The smallest absolute Gasteiger partial charge is 0.255 e. The van der Waals surface area contributed by atoms with E-state index in [0.29, 0.717) is 46.7 Å². The van der Waals surface area contributed by atoms with E-state index in [-0.39, 0.29) is 18.6 Å². The number of nitrogens with zero attached hydrogens (tertiary/aromatic N) is 1. The molecule has 1 fully saturated rings. The van der Waals surface area contributed by atoms with E-state index in [1.807, 2.05) is 12.1 Å². The van der Waals surface area contributed by atoms with E-state index < -0.39 is 0 Å². The van der Waals surface area contributed by atoms with Crippen molar-refractivity contribution in [1.29, 1.82) is 0 Å². The van der Waals surface area contributed by atoms with Gasteiger partial charge in [0.1, 0.15) is 0 Å². The Labute approximate surface area is 189 Å². The van der Waals surface area contributed by atoms with Crippen LogP contribution >= 0.6 is 0 Å². The van der Waals surface area contributed by atoms with Crippen molar-refractivity contribution in [2.24, 2.45) is 11.8 Å². The maximum absolute atomic E-state index is 13.0. The third kappa shape index (κ3) is 4.98. The van der Waals surface area contributed by atoms with Gasteiger partial charge in [-0.1, -0.05) is 20.8 Å². The van der Waals surface area contributed by atoms with Crippen molar-refractivity contribution in [2.45, 2.75) is 33.6 Å². The number of anilines is 2. The van der Waals surface area contributed by atoms with Gasteiger partial charge in [-0.05, 0) is 61.1 Å². The monoisotopic (exact) mass is 437 g/mol. The Bertz CT molecular complexity index is 997. The number of amides is 2. The topological polar surface area (TPSA) is 79.9 Å². The second-order valence-corrected chi connectivity index (χ2v) is 9.03. The lowest BCUT2D eigenvalue weighted by atomic mass is 9.97. The molecule has 2 aromatic rings. The Hall–Kier alpha value is -3.22. The minimum atomic E-state index is -0.267. The molecule has 0 bridgehead atoms. The molecule has 0 saturated carbocycles. The van der Waals surface area contributed by atoms with Crippen LogP contribution in [-0.4, -0.2) is 38.2 Å². The predicted octanol–water partition coefficient (Wildman–Crippen LogP) is 4.29. The molecule has 2 N–H and O–H groups in total. The van der Waals surface area contributed by atoms with Gasteiger partial charge < -0.3 is 25.0 Å². The summed E-state index contributed by atoms with van der Waals surface area (Å²) in [5.74, 6) is 1.85. The van der Waals surface area contributed by atoms with E-state index in [1.165, 1.54) is 0 Å². The van der Waals surface area contributed by atoms with Crippen LogP contribution in [0, 0.1) is 11.8 Å². The largest absolute Gasteiger partial charge is 0.454 e. The van der Waals surface area contributed by atoms with Gasteiger partial charge in [0.15, 0.2) is 11.5 Å². The number of nitrogens with one attached hydrogen (secondary N) is 2. The Morgan fingerprint density at radius 3 is 2.53 bits per heavy atom. The molecule has 2 aliphatic heterocycles. The number of fused-ring (bicyclic) bond motifs is 1. The van der Waals surface area contributed by atoms with Crippen molar-refractivity contribution in [1.82, 2.24) is 5.32 Å². The number of hydrogen-bond acceptors (Lipinski definition) is 5. The molecule has 2 amide bonds. The fourth-order valence-electron chi connectivity index (χ4n) is 3.95. The van der Waals surface area contributed by atoms with Crippen LogP contribution in [-0.2, 0) is 0 Å².